The van der Waals surface area contributed by atoms with Gasteiger partial charge < -0.3 is 20.5 Å². The monoisotopic (exact) mass is 417 g/mol. The average Bonchev–Trinajstić information content (AvgIpc) is 2.79. The van der Waals surface area contributed by atoms with E-state index in [1.54, 1.807) is 6.20 Å². The van der Waals surface area contributed by atoms with Gasteiger partial charge in [-0.2, -0.15) is 0 Å². The van der Waals surface area contributed by atoms with E-state index in [0.29, 0.717) is 12.4 Å². The van der Waals surface area contributed by atoms with E-state index in [1.165, 1.54) is 0 Å². The SMILES string of the molecule is C[C@@H](CN[C@H](c1ccccc1)[C@@H]1CNc2cccnc2O1)c1cccc(CC(=O)O)c1. The first-order valence-corrected chi connectivity index (χ1v) is 10.5. The number of aliphatic carboxylic acids is 1. The van der Waals surface area contributed by atoms with Gasteiger partial charge in [-0.3, -0.25) is 4.79 Å². The van der Waals surface area contributed by atoms with Crippen LogP contribution in [0, 0.1) is 0 Å². The van der Waals surface area contributed by atoms with Gasteiger partial charge in [0, 0.05) is 12.7 Å². The Morgan fingerprint density at radius 2 is 1.97 bits per heavy atom. The van der Waals surface area contributed by atoms with Gasteiger partial charge in [0.2, 0.25) is 5.88 Å². The summed E-state index contributed by atoms with van der Waals surface area (Å²) in [6, 6.07) is 21.9. The molecule has 6 heteroatoms. The summed E-state index contributed by atoms with van der Waals surface area (Å²) >= 11 is 0. The standard InChI is InChI=1S/C25H27N3O3/c1-17(20-10-5-7-18(13-20)14-23(29)30)15-28-24(19-8-3-2-4-9-19)22-16-27-21-11-6-12-26-25(21)31-22/h2-13,17,22,24,27-28H,14-16H2,1H3,(H,29,30)/t17-,22-,24+/m0/s1. The van der Waals surface area contributed by atoms with Gasteiger partial charge in [-0.15, -0.1) is 0 Å². The fourth-order valence-electron chi connectivity index (χ4n) is 3.93. The predicted octanol–water partition coefficient (Wildman–Crippen LogP) is 4.02. The summed E-state index contributed by atoms with van der Waals surface area (Å²) in [5.41, 5.74) is 4.00. The molecule has 31 heavy (non-hydrogen) atoms. The summed E-state index contributed by atoms with van der Waals surface area (Å²) in [4.78, 5) is 15.4. The molecule has 1 aromatic heterocycles. The lowest BCUT2D eigenvalue weighted by Gasteiger charge is -2.33. The number of nitrogens with one attached hydrogen (secondary N) is 2. The maximum absolute atomic E-state index is 11.0. The minimum atomic E-state index is -0.817. The minimum absolute atomic E-state index is 0.0199. The molecule has 0 unspecified atom stereocenters. The van der Waals surface area contributed by atoms with Gasteiger partial charge in [-0.05, 0) is 34.7 Å². The Balaban J connectivity index is 1.49. The number of hydrogen-bond donors (Lipinski definition) is 3. The van der Waals surface area contributed by atoms with Crippen LogP contribution in [0.15, 0.2) is 72.9 Å². The smallest absolute Gasteiger partial charge is 0.307 e. The molecule has 0 spiro atoms. The molecule has 6 nitrogen and oxygen atoms in total. The third-order valence-electron chi connectivity index (χ3n) is 5.58. The second kappa shape index (κ2) is 9.62. The van der Waals surface area contributed by atoms with Crippen LogP contribution in [0.3, 0.4) is 0 Å². The van der Waals surface area contributed by atoms with E-state index < -0.39 is 5.97 Å². The van der Waals surface area contributed by atoms with Gasteiger partial charge in [0.15, 0.2) is 0 Å². The summed E-state index contributed by atoms with van der Waals surface area (Å²) in [6.45, 7) is 3.55. The first kappa shape index (κ1) is 20.9. The number of hydrogen-bond acceptors (Lipinski definition) is 5. The molecule has 0 saturated heterocycles. The molecule has 0 fully saturated rings. The number of benzene rings is 2. The van der Waals surface area contributed by atoms with Gasteiger partial charge in [-0.1, -0.05) is 61.5 Å². The molecule has 4 rings (SSSR count). The topological polar surface area (TPSA) is 83.5 Å². The molecule has 2 heterocycles. The quantitative estimate of drug-likeness (QED) is 0.514. The Morgan fingerprint density at radius 3 is 2.77 bits per heavy atom. The molecule has 0 radical (unpaired) electrons. The molecule has 3 aromatic rings. The van der Waals surface area contributed by atoms with Crippen molar-refractivity contribution >= 4 is 11.7 Å². The van der Waals surface area contributed by atoms with Crippen molar-refractivity contribution in [2.45, 2.75) is 31.4 Å². The van der Waals surface area contributed by atoms with Gasteiger partial charge in [0.25, 0.3) is 0 Å². The van der Waals surface area contributed by atoms with Gasteiger partial charge in [0.05, 0.1) is 24.7 Å². The van der Waals surface area contributed by atoms with Crippen molar-refractivity contribution in [3.63, 3.8) is 0 Å². The minimum Gasteiger partial charge on any atom is -0.481 e. The average molecular weight is 418 g/mol. The third-order valence-corrected chi connectivity index (χ3v) is 5.58. The number of carboxylic acid groups (broad SMARTS) is 1. The van der Waals surface area contributed by atoms with E-state index in [1.807, 2.05) is 54.6 Å². The van der Waals surface area contributed by atoms with E-state index >= 15 is 0 Å². The number of anilines is 1. The van der Waals surface area contributed by atoms with Crippen LogP contribution in [0.1, 0.15) is 35.6 Å². The highest BCUT2D eigenvalue weighted by Gasteiger charge is 2.29. The molecule has 3 N–H and O–H groups in total. The molecule has 1 aliphatic heterocycles. The predicted molar refractivity (Wildman–Crippen MR) is 121 cm³/mol. The van der Waals surface area contributed by atoms with Crippen LogP contribution in [-0.2, 0) is 11.2 Å². The molecular formula is C25H27N3O3. The third kappa shape index (κ3) is 5.22. The number of nitrogens with zero attached hydrogens (tertiary/aromatic N) is 1. The first-order valence-electron chi connectivity index (χ1n) is 10.5. The Bertz CT molecular complexity index is 1030. The summed E-state index contributed by atoms with van der Waals surface area (Å²) in [5, 5.41) is 16.2. The van der Waals surface area contributed by atoms with Crippen LogP contribution in [0.2, 0.25) is 0 Å². The number of carboxylic acids is 1. The van der Waals surface area contributed by atoms with Crippen LogP contribution in [0.25, 0.3) is 0 Å². The zero-order valence-corrected chi connectivity index (χ0v) is 17.5. The van der Waals surface area contributed by atoms with Crippen LogP contribution in [0.5, 0.6) is 5.88 Å². The highest BCUT2D eigenvalue weighted by atomic mass is 16.5. The highest BCUT2D eigenvalue weighted by Crippen LogP contribution is 2.31. The van der Waals surface area contributed by atoms with Crippen molar-refractivity contribution in [3.05, 3.63) is 89.6 Å². The molecule has 1 aliphatic rings. The molecule has 2 aromatic carbocycles. The van der Waals surface area contributed by atoms with E-state index in [2.05, 4.69) is 34.7 Å². The van der Waals surface area contributed by atoms with E-state index in [-0.39, 0.29) is 24.5 Å². The second-order valence-electron chi connectivity index (χ2n) is 7.91. The molecule has 0 amide bonds. The molecule has 0 saturated carbocycles. The zero-order chi connectivity index (χ0) is 21.6. The lowest BCUT2D eigenvalue weighted by molar-refractivity contribution is -0.136. The summed E-state index contributed by atoms with van der Waals surface area (Å²) in [5.74, 6) is 0.0146. The number of carbonyl (C=O) groups is 1. The summed E-state index contributed by atoms with van der Waals surface area (Å²) in [7, 11) is 0. The fraction of sp³-hybridized carbons (Fsp3) is 0.280. The fourth-order valence-corrected chi connectivity index (χ4v) is 3.93. The summed E-state index contributed by atoms with van der Waals surface area (Å²) < 4.78 is 6.25. The van der Waals surface area contributed by atoms with Crippen LogP contribution in [0.4, 0.5) is 5.69 Å². The molecule has 160 valence electrons. The van der Waals surface area contributed by atoms with Gasteiger partial charge >= 0.3 is 5.97 Å². The van der Waals surface area contributed by atoms with Crippen LogP contribution >= 0.6 is 0 Å². The van der Waals surface area contributed by atoms with Crippen molar-refractivity contribution < 1.29 is 14.6 Å². The van der Waals surface area contributed by atoms with Gasteiger partial charge in [0.1, 0.15) is 6.10 Å². The highest BCUT2D eigenvalue weighted by molar-refractivity contribution is 5.70. The van der Waals surface area contributed by atoms with E-state index in [4.69, 9.17) is 9.84 Å². The lowest BCUT2D eigenvalue weighted by Crippen LogP contribution is -2.43. The van der Waals surface area contributed by atoms with Crippen molar-refractivity contribution in [2.75, 3.05) is 18.4 Å². The first-order chi connectivity index (χ1) is 15.1. The van der Waals surface area contributed by atoms with Crippen molar-refractivity contribution in [2.24, 2.45) is 0 Å². The largest absolute Gasteiger partial charge is 0.481 e. The van der Waals surface area contributed by atoms with E-state index in [9.17, 15) is 4.79 Å². The number of aromatic nitrogens is 1. The Morgan fingerprint density at radius 1 is 1.16 bits per heavy atom. The van der Waals surface area contributed by atoms with Crippen LogP contribution in [-0.4, -0.2) is 35.3 Å². The zero-order valence-electron chi connectivity index (χ0n) is 17.5. The Kier molecular flexibility index (Phi) is 6.48. The lowest BCUT2D eigenvalue weighted by atomic mass is 9.95. The number of rotatable bonds is 8. The summed E-state index contributed by atoms with van der Waals surface area (Å²) in [6.07, 6.45) is 1.66. The molecule has 3 atom stereocenters. The van der Waals surface area contributed by atoms with Crippen LogP contribution < -0.4 is 15.4 Å². The maximum Gasteiger partial charge on any atom is 0.307 e. The molecule has 0 bridgehead atoms. The maximum atomic E-state index is 11.0. The number of fused-ring (bicyclic) bond motifs is 1. The second-order valence-corrected chi connectivity index (χ2v) is 7.91. The Hall–Kier alpha value is -3.38. The van der Waals surface area contributed by atoms with Gasteiger partial charge in [-0.25, -0.2) is 4.98 Å². The van der Waals surface area contributed by atoms with Crippen molar-refractivity contribution in [1.29, 1.82) is 0 Å². The van der Waals surface area contributed by atoms with Crippen molar-refractivity contribution in [1.82, 2.24) is 10.3 Å². The normalized spacial score (nSPS) is 17.0. The number of ether oxygens (including phenoxy) is 1. The Labute approximate surface area is 182 Å². The number of pyridine rings is 1. The molecular weight excluding hydrogens is 390 g/mol. The van der Waals surface area contributed by atoms with Crippen molar-refractivity contribution in [3.8, 4) is 5.88 Å². The molecule has 0 aliphatic carbocycles. The van der Waals surface area contributed by atoms with E-state index in [0.717, 1.165) is 28.9 Å².